The average molecular weight is 282 g/mol. The Morgan fingerprint density at radius 3 is 2.94 bits per heavy atom. The van der Waals surface area contributed by atoms with Gasteiger partial charge in [0.1, 0.15) is 11.4 Å². The Morgan fingerprint density at radius 2 is 2.39 bits per heavy atom. The molecule has 0 saturated heterocycles. The summed E-state index contributed by atoms with van der Waals surface area (Å²) in [4.78, 5) is 4.41. The number of aromatic nitrogens is 2. The van der Waals surface area contributed by atoms with Crippen molar-refractivity contribution in [2.24, 2.45) is 0 Å². The number of nitrogens with one attached hydrogen (secondary N) is 1. The first-order chi connectivity index (χ1) is 8.65. The minimum absolute atomic E-state index is 0.396. The molecular weight excluding hydrogens is 264 g/mol. The molecule has 0 aliphatic heterocycles. The Balaban J connectivity index is 1.77. The monoisotopic (exact) mass is 282 g/mol. The third-order valence-corrected chi connectivity index (χ3v) is 4.81. The van der Waals surface area contributed by atoms with Gasteiger partial charge in [0.05, 0.1) is 6.07 Å². The van der Waals surface area contributed by atoms with Crippen LogP contribution in [0, 0.1) is 11.3 Å². The van der Waals surface area contributed by atoms with E-state index in [1.165, 1.54) is 24.4 Å². The smallest absolute Gasteiger partial charge is 0.170 e. The lowest BCUT2D eigenvalue weighted by atomic mass is 10.0. The van der Waals surface area contributed by atoms with E-state index in [-0.39, 0.29) is 0 Å². The van der Waals surface area contributed by atoms with Crippen molar-refractivity contribution in [1.82, 2.24) is 14.7 Å². The molecule has 0 radical (unpaired) electrons. The maximum Gasteiger partial charge on any atom is 0.170 e. The number of hydrogen-bond acceptors (Lipinski definition) is 6. The molecule has 1 heterocycles. The van der Waals surface area contributed by atoms with E-state index in [1.807, 2.05) is 6.92 Å². The Morgan fingerprint density at radius 1 is 1.61 bits per heavy atom. The van der Waals surface area contributed by atoms with Crippen LogP contribution >= 0.6 is 23.3 Å². The zero-order chi connectivity index (χ0) is 13.0. The van der Waals surface area contributed by atoms with Crippen molar-refractivity contribution in [3.8, 4) is 6.07 Å². The molecule has 1 aliphatic carbocycles. The molecule has 0 bridgehead atoms. The fraction of sp³-hybridized carbons (Fsp3) is 0.750. The molecule has 4 nitrogen and oxygen atoms in total. The van der Waals surface area contributed by atoms with Crippen LogP contribution in [-0.2, 0) is 6.42 Å². The first-order valence-corrected chi connectivity index (χ1v) is 8.05. The topological polar surface area (TPSA) is 61.6 Å². The fourth-order valence-electron chi connectivity index (χ4n) is 1.62. The van der Waals surface area contributed by atoms with Gasteiger partial charge in [-0.1, -0.05) is 18.7 Å². The number of nitriles is 1. The highest BCUT2D eigenvalue weighted by molar-refractivity contribution is 8.00. The van der Waals surface area contributed by atoms with Gasteiger partial charge in [-0.25, -0.2) is 4.98 Å². The molecule has 1 saturated carbocycles. The standard InChI is InChI=1S/C12H18N4S2/c1-3-10-14-11(18-16-10)17-7-6-12(2,8-13)15-9-4-5-9/h9,15H,3-7H2,1-2H3. The first kappa shape index (κ1) is 13.8. The van der Waals surface area contributed by atoms with Gasteiger partial charge in [0.15, 0.2) is 4.34 Å². The van der Waals surface area contributed by atoms with Gasteiger partial charge in [0, 0.05) is 18.2 Å². The van der Waals surface area contributed by atoms with Crippen LogP contribution in [0.15, 0.2) is 4.34 Å². The largest absolute Gasteiger partial charge is 0.297 e. The predicted octanol–water partition coefficient (Wildman–Crippen LogP) is 2.62. The van der Waals surface area contributed by atoms with E-state index in [1.54, 1.807) is 11.8 Å². The molecule has 6 heteroatoms. The van der Waals surface area contributed by atoms with Crippen molar-refractivity contribution in [2.45, 2.75) is 55.5 Å². The van der Waals surface area contributed by atoms with Crippen molar-refractivity contribution in [3.05, 3.63) is 5.82 Å². The van der Waals surface area contributed by atoms with Gasteiger partial charge in [-0.2, -0.15) is 9.64 Å². The summed E-state index contributed by atoms with van der Waals surface area (Å²) >= 11 is 3.16. The van der Waals surface area contributed by atoms with Crippen molar-refractivity contribution in [1.29, 1.82) is 5.26 Å². The van der Waals surface area contributed by atoms with Gasteiger partial charge >= 0.3 is 0 Å². The molecule has 1 aromatic heterocycles. The van der Waals surface area contributed by atoms with E-state index in [0.29, 0.717) is 6.04 Å². The van der Waals surface area contributed by atoms with Crippen LogP contribution in [0.1, 0.15) is 38.9 Å². The van der Waals surface area contributed by atoms with Crippen molar-refractivity contribution < 1.29 is 0 Å². The Bertz CT molecular complexity index is 436. The molecule has 1 atom stereocenters. The molecule has 18 heavy (non-hydrogen) atoms. The second-order valence-corrected chi connectivity index (χ2v) is 6.88. The Labute approximate surface area is 116 Å². The molecule has 1 aromatic rings. The van der Waals surface area contributed by atoms with Crippen LogP contribution in [0.3, 0.4) is 0 Å². The second-order valence-electron chi connectivity index (χ2n) is 4.79. The lowest BCUT2D eigenvalue weighted by Crippen LogP contribution is -2.42. The number of rotatable bonds is 7. The lowest BCUT2D eigenvalue weighted by molar-refractivity contribution is 0.434. The van der Waals surface area contributed by atoms with Gasteiger partial charge in [-0.3, -0.25) is 5.32 Å². The number of thioether (sulfide) groups is 1. The first-order valence-electron chi connectivity index (χ1n) is 6.29. The summed E-state index contributed by atoms with van der Waals surface area (Å²) in [6.07, 6.45) is 4.14. The molecule has 98 valence electrons. The minimum atomic E-state index is -0.396. The van der Waals surface area contributed by atoms with Crippen LogP contribution in [0.2, 0.25) is 0 Å². The third kappa shape index (κ3) is 3.94. The van der Waals surface area contributed by atoms with E-state index in [2.05, 4.69) is 27.7 Å². The molecule has 1 fully saturated rings. The summed E-state index contributed by atoms with van der Waals surface area (Å²) in [6.45, 7) is 4.05. The summed E-state index contributed by atoms with van der Waals surface area (Å²) in [5, 5.41) is 12.7. The number of aryl methyl sites for hydroxylation is 1. The van der Waals surface area contributed by atoms with E-state index in [4.69, 9.17) is 0 Å². The average Bonchev–Trinajstić information content (AvgIpc) is 3.05. The highest BCUT2D eigenvalue weighted by Gasteiger charge is 2.32. The summed E-state index contributed by atoms with van der Waals surface area (Å²) in [5.41, 5.74) is -0.396. The summed E-state index contributed by atoms with van der Waals surface area (Å²) in [6, 6.07) is 2.96. The predicted molar refractivity (Wildman–Crippen MR) is 74.8 cm³/mol. The van der Waals surface area contributed by atoms with Crippen molar-refractivity contribution in [2.75, 3.05) is 5.75 Å². The molecular formula is C12H18N4S2. The maximum absolute atomic E-state index is 9.25. The van der Waals surface area contributed by atoms with Crippen molar-refractivity contribution >= 4 is 23.3 Å². The second kappa shape index (κ2) is 6.00. The number of nitrogens with zero attached hydrogens (tertiary/aromatic N) is 3. The van der Waals surface area contributed by atoms with E-state index >= 15 is 0 Å². The summed E-state index contributed by atoms with van der Waals surface area (Å²) < 4.78 is 5.27. The molecule has 1 aliphatic rings. The normalized spacial score (nSPS) is 18.3. The third-order valence-electron chi connectivity index (χ3n) is 2.94. The van der Waals surface area contributed by atoms with E-state index < -0.39 is 5.54 Å². The van der Waals surface area contributed by atoms with Gasteiger partial charge in [0.25, 0.3) is 0 Å². The summed E-state index contributed by atoms with van der Waals surface area (Å²) in [7, 11) is 0. The highest BCUT2D eigenvalue weighted by atomic mass is 32.2. The lowest BCUT2D eigenvalue weighted by Gasteiger charge is -2.22. The van der Waals surface area contributed by atoms with Gasteiger partial charge in [-0.05, 0) is 37.7 Å². The van der Waals surface area contributed by atoms with Crippen LogP contribution in [0.25, 0.3) is 0 Å². The van der Waals surface area contributed by atoms with Crippen LogP contribution in [-0.4, -0.2) is 26.7 Å². The van der Waals surface area contributed by atoms with Crippen LogP contribution in [0.4, 0.5) is 0 Å². The van der Waals surface area contributed by atoms with E-state index in [9.17, 15) is 5.26 Å². The maximum atomic E-state index is 9.25. The number of hydrogen-bond donors (Lipinski definition) is 1. The van der Waals surface area contributed by atoms with Crippen LogP contribution in [0.5, 0.6) is 0 Å². The molecule has 2 rings (SSSR count). The zero-order valence-corrected chi connectivity index (χ0v) is 12.4. The van der Waals surface area contributed by atoms with Crippen LogP contribution < -0.4 is 5.32 Å². The Kier molecular flexibility index (Phi) is 4.60. The fourth-order valence-corrected chi connectivity index (χ4v) is 3.55. The molecule has 0 aromatic carbocycles. The van der Waals surface area contributed by atoms with Gasteiger partial charge in [-0.15, -0.1) is 0 Å². The zero-order valence-electron chi connectivity index (χ0n) is 10.8. The summed E-state index contributed by atoms with van der Waals surface area (Å²) in [5.74, 6) is 1.82. The molecule has 0 spiro atoms. The SMILES string of the molecule is CCc1nsc(SCCC(C)(C#N)NC2CC2)n1. The Hall–Kier alpha value is -0.640. The quantitative estimate of drug-likeness (QED) is 0.779. The molecule has 0 amide bonds. The van der Waals surface area contributed by atoms with E-state index in [0.717, 1.165) is 28.8 Å². The highest BCUT2D eigenvalue weighted by Crippen LogP contribution is 2.27. The molecule has 1 unspecified atom stereocenters. The minimum Gasteiger partial charge on any atom is -0.297 e. The molecule has 1 N–H and O–H groups in total. The van der Waals surface area contributed by atoms with Crippen molar-refractivity contribution in [3.63, 3.8) is 0 Å². The van der Waals surface area contributed by atoms with Gasteiger partial charge < -0.3 is 0 Å². The van der Waals surface area contributed by atoms with Gasteiger partial charge in [0.2, 0.25) is 0 Å².